The topological polar surface area (TPSA) is 66.4 Å². The first-order valence-corrected chi connectivity index (χ1v) is 8.24. The van der Waals surface area contributed by atoms with Crippen LogP contribution in [0.3, 0.4) is 0 Å². The molecule has 0 bridgehead atoms. The number of thioether (sulfide) groups is 1. The quantitative estimate of drug-likeness (QED) is 0.793. The third-order valence-electron chi connectivity index (χ3n) is 3.99. The highest BCUT2D eigenvalue weighted by molar-refractivity contribution is 8.00. The molecule has 1 amide bonds. The summed E-state index contributed by atoms with van der Waals surface area (Å²) < 4.78 is 0. The summed E-state index contributed by atoms with van der Waals surface area (Å²) in [5.74, 6) is -0.612. The molecule has 4 nitrogen and oxygen atoms in total. The number of hydrogen-bond donors (Lipinski definition) is 2. The summed E-state index contributed by atoms with van der Waals surface area (Å²) in [5, 5.41) is 12.0. The number of rotatable bonds is 6. The number of carboxylic acid groups (broad SMARTS) is 1. The number of aryl methyl sites for hydroxylation is 1. The van der Waals surface area contributed by atoms with Gasteiger partial charge in [0, 0.05) is 11.4 Å². The molecule has 2 rings (SSSR count). The highest BCUT2D eigenvalue weighted by Crippen LogP contribution is 2.31. The van der Waals surface area contributed by atoms with Gasteiger partial charge in [-0.05, 0) is 37.3 Å². The lowest BCUT2D eigenvalue weighted by Gasteiger charge is -2.16. The number of aliphatic carboxylic acids is 1. The van der Waals surface area contributed by atoms with Gasteiger partial charge in [-0.25, -0.2) is 0 Å². The maximum absolute atomic E-state index is 11.9. The molecule has 114 valence electrons. The molecular weight excluding hydrogens is 286 g/mol. The predicted octanol–water partition coefficient (Wildman–Crippen LogP) is 2.70. The maximum Gasteiger partial charge on any atom is 0.306 e. The van der Waals surface area contributed by atoms with Crippen LogP contribution in [0.25, 0.3) is 0 Å². The van der Waals surface area contributed by atoms with Crippen molar-refractivity contribution in [2.75, 3.05) is 12.3 Å². The summed E-state index contributed by atoms with van der Waals surface area (Å²) in [5.41, 5.74) is 1.16. The number of carbonyl (C=O) groups is 2. The van der Waals surface area contributed by atoms with E-state index in [2.05, 4.69) is 5.32 Å². The van der Waals surface area contributed by atoms with E-state index < -0.39 is 5.97 Å². The number of carboxylic acids is 1. The van der Waals surface area contributed by atoms with Crippen molar-refractivity contribution >= 4 is 23.6 Å². The van der Waals surface area contributed by atoms with Crippen LogP contribution in [0.4, 0.5) is 0 Å². The van der Waals surface area contributed by atoms with Gasteiger partial charge >= 0.3 is 5.97 Å². The molecule has 2 N–H and O–H groups in total. The van der Waals surface area contributed by atoms with E-state index in [4.69, 9.17) is 5.11 Å². The van der Waals surface area contributed by atoms with E-state index >= 15 is 0 Å². The Bertz CT molecular complexity index is 518. The SMILES string of the molecule is Cc1ccccc1SCC(=O)NCC1CCCC1C(=O)O. The highest BCUT2D eigenvalue weighted by atomic mass is 32.2. The molecule has 5 heteroatoms. The van der Waals surface area contributed by atoms with E-state index in [1.54, 1.807) is 0 Å². The van der Waals surface area contributed by atoms with Gasteiger partial charge in [0.2, 0.25) is 5.91 Å². The van der Waals surface area contributed by atoms with Crippen LogP contribution in [0, 0.1) is 18.8 Å². The van der Waals surface area contributed by atoms with Crippen molar-refractivity contribution < 1.29 is 14.7 Å². The molecule has 1 saturated carbocycles. The van der Waals surface area contributed by atoms with Crippen LogP contribution in [0.1, 0.15) is 24.8 Å². The fraction of sp³-hybridized carbons (Fsp3) is 0.500. The smallest absolute Gasteiger partial charge is 0.306 e. The number of hydrogen-bond acceptors (Lipinski definition) is 3. The van der Waals surface area contributed by atoms with E-state index in [0.29, 0.717) is 12.3 Å². The summed E-state index contributed by atoms with van der Waals surface area (Å²) in [6.07, 6.45) is 2.56. The van der Waals surface area contributed by atoms with E-state index in [1.807, 2.05) is 31.2 Å². The van der Waals surface area contributed by atoms with Gasteiger partial charge in [0.25, 0.3) is 0 Å². The second kappa shape index (κ2) is 7.50. The molecule has 2 unspecified atom stereocenters. The zero-order valence-corrected chi connectivity index (χ0v) is 13.0. The number of benzene rings is 1. The third kappa shape index (κ3) is 4.49. The lowest BCUT2D eigenvalue weighted by atomic mass is 9.96. The number of amides is 1. The molecule has 2 atom stereocenters. The first-order valence-electron chi connectivity index (χ1n) is 7.26. The molecule has 1 aliphatic rings. The summed E-state index contributed by atoms with van der Waals surface area (Å²) in [7, 11) is 0. The Morgan fingerprint density at radius 3 is 2.81 bits per heavy atom. The molecule has 0 aromatic heterocycles. The van der Waals surface area contributed by atoms with Crippen LogP contribution in [0.5, 0.6) is 0 Å². The Labute approximate surface area is 129 Å². The van der Waals surface area contributed by atoms with Gasteiger partial charge in [0.05, 0.1) is 11.7 Å². The molecule has 0 radical (unpaired) electrons. The molecule has 21 heavy (non-hydrogen) atoms. The van der Waals surface area contributed by atoms with E-state index in [1.165, 1.54) is 11.8 Å². The largest absolute Gasteiger partial charge is 0.481 e. The number of carbonyl (C=O) groups excluding carboxylic acids is 1. The number of nitrogens with one attached hydrogen (secondary N) is 1. The fourth-order valence-corrected chi connectivity index (χ4v) is 3.62. The average molecular weight is 307 g/mol. The minimum absolute atomic E-state index is 0.0284. The zero-order chi connectivity index (χ0) is 15.2. The maximum atomic E-state index is 11.9. The Morgan fingerprint density at radius 2 is 2.10 bits per heavy atom. The van der Waals surface area contributed by atoms with Gasteiger partial charge < -0.3 is 10.4 Å². The lowest BCUT2D eigenvalue weighted by Crippen LogP contribution is -2.33. The van der Waals surface area contributed by atoms with Crippen LogP contribution < -0.4 is 5.32 Å². The van der Waals surface area contributed by atoms with Crippen LogP contribution in [0.15, 0.2) is 29.2 Å². The highest BCUT2D eigenvalue weighted by Gasteiger charge is 2.32. The minimum atomic E-state index is -0.735. The van der Waals surface area contributed by atoms with Crippen molar-refractivity contribution in [2.45, 2.75) is 31.1 Å². The Kier molecular flexibility index (Phi) is 5.67. The van der Waals surface area contributed by atoms with Gasteiger partial charge in [-0.15, -0.1) is 11.8 Å². The third-order valence-corrected chi connectivity index (χ3v) is 5.17. The standard InChI is InChI=1S/C16H21NO3S/c1-11-5-2-3-8-14(11)21-10-15(18)17-9-12-6-4-7-13(12)16(19)20/h2-3,5,8,12-13H,4,6-7,9-10H2,1H3,(H,17,18)(H,19,20). The Morgan fingerprint density at radius 1 is 1.33 bits per heavy atom. The van der Waals surface area contributed by atoms with Gasteiger partial charge in [-0.1, -0.05) is 24.6 Å². The van der Waals surface area contributed by atoms with Crippen molar-refractivity contribution in [1.82, 2.24) is 5.32 Å². The molecule has 1 aromatic carbocycles. The first-order chi connectivity index (χ1) is 10.1. The molecule has 0 heterocycles. The summed E-state index contributed by atoms with van der Waals surface area (Å²) in [6.45, 7) is 2.50. The summed E-state index contributed by atoms with van der Waals surface area (Å²) in [4.78, 5) is 24.1. The summed E-state index contributed by atoms with van der Waals surface area (Å²) in [6, 6.07) is 7.97. The average Bonchev–Trinajstić information content (AvgIpc) is 2.93. The molecular formula is C16H21NO3S. The molecule has 0 aliphatic heterocycles. The van der Waals surface area contributed by atoms with Crippen molar-refractivity contribution in [3.05, 3.63) is 29.8 Å². The minimum Gasteiger partial charge on any atom is -0.481 e. The Balaban J connectivity index is 1.75. The molecule has 1 aliphatic carbocycles. The van der Waals surface area contributed by atoms with Crippen molar-refractivity contribution in [1.29, 1.82) is 0 Å². The van der Waals surface area contributed by atoms with Crippen molar-refractivity contribution in [3.8, 4) is 0 Å². The van der Waals surface area contributed by atoms with E-state index in [9.17, 15) is 9.59 Å². The van der Waals surface area contributed by atoms with Crippen molar-refractivity contribution in [3.63, 3.8) is 0 Å². The Hall–Kier alpha value is -1.49. The second-order valence-corrected chi connectivity index (χ2v) is 6.51. The van der Waals surface area contributed by atoms with Crippen LogP contribution >= 0.6 is 11.8 Å². The van der Waals surface area contributed by atoms with Crippen LogP contribution in [-0.4, -0.2) is 29.3 Å². The van der Waals surface area contributed by atoms with Crippen LogP contribution in [0.2, 0.25) is 0 Å². The van der Waals surface area contributed by atoms with E-state index in [0.717, 1.165) is 29.7 Å². The zero-order valence-electron chi connectivity index (χ0n) is 12.2. The van der Waals surface area contributed by atoms with Gasteiger partial charge in [-0.2, -0.15) is 0 Å². The van der Waals surface area contributed by atoms with Crippen molar-refractivity contribution in [2.24, 2.45) is 11.8 Å². The van der Waals surface area contributed by atoms with Gasteiger partial charge in [0.1, 0.15) is 0 Å². The molecule has 1 fully saturated rings. The monoisotopic (exact) mass is 307 g/mol. The van der Waals surface area contributed by atoms with E-state index in [-0.39, 0.29) is 17.7 Å². The predicted molar refractivity (Wildman–Crippen MR) is 83.4 cm³/mol. The lowest BCUT2D eigenvalue weighted by molar-refractivity contribution is -0.143. The normalized spacial score (nSPS) is 21.2. The van der Waals surface area contributed by atoms with Gasteiger partial charge in [0.15, 0.2) is 0 Å². The second-order valence-electron chi connectivity index (χ2n) is 5.49. The summed E-state index contributed by atoms with van der Waals surface area (Å²) >= 11 is 1.52. The fourth-order valence-electron chi connectivity index (χ4n) is 2.76. The van der Waals surface area contributed by atoms with Gasteiger partial charge in [-0.3, -0.25) is 9.59 Å². The molecule has 0 spiro atoms. The van der Waals surface area contributed by atoms with Crippen LogP contribution in [-0.2, 0) is 9.59 Å². The first kappa shape index (κ1) is 15.9. The molecule has 0 saturated heterocycles. The molecule has 1 aromatic rings.